The smallest absolute Gasteiger partial charge is 0.308 e. The largest absolute Gasteiger partial charge is 0.350 e. The lowest BCUT2D eigenvalue weighted by atomic mass is 10.2. The molecule has 4 aromatic heterocycles. The van der Waals surface area contributed by atoms with E-state index >= 15 is 0 Å². The SMILES string of the molecule is O=c1[nH]c(Cn2nc3ccccn3c2=O)nc2sc3ccccc3c12. The minimum Gasteiger partial charge on any atom is -0.308 e. The third kappa shape index (κ3) is 2.11. The van der Waals surface area contributed by atoms with Crippen LogP contribution >= 0.6 is 11.3 Å². The van der Waals surface area contributed by atoms with Crippen molar-refractivity contribution in [1.82, 2.24) is 24.1 Å². The molecule has 0 aliphatic heterocycles. The Bertz CT molecular complexity index is 1370. The molecule has 4 heterocycles. The molecule has 0 spiro atoms. The lowest BCUT2D eigenvalue weighted by Gasteiger charge is -2.00. The molecule has 0 saturated carbocycles. The van der Waals surface area contributed by atoms with E-state index in [1.807, 2.05) is 30.3 Å². The molecule has 0 aliphatic carbocycles. The van der Waals surface area contributed by atoms with Gasteiger partial charge in [0.1, 0.15) is 17.2 Å². The second kappa shape index (κ2) is 5.12. The summed E-state index contributed by atoms with van der Waals surface area (Å²) in [5, 5.41) is 5.75. The maximum atomic E-state index is 12.5. The summed E-state index contributed by atoms with van der Waals surface area (Å²) >= 11 is 1.47. The van der Waals surface area contributed by atoms with Crippen LogP contribution in [0.4, 0.5) is 0 Å². The van der Waals surface area contributed by atoms with Crippen molar-refractivity contribution in [2.45, 2.75) is 6.54 Å². The molecule has 1 aromatic carbocycles. The second-order valence-corrected chi connectivity index (χ2v) is 6.69. The van der Waals surface area contributed by atoms with Crippen LogP contribution in [0.15, 0.2) is 58.3 Å². The highest BCUT2D eigenvalue weighted by molar-refractivity contribution is 7.25. The number of aromatic amines is 1. The van der Waals surface area contributed by atoms with Crippen molar-refractivity contribution >= 4 is 37.3 Å². The normalized spacial score (nSPS) is 11.7. The number of aromatic nitrogens is 5. The van der Waals surface area contributed by atoms with Gasteiger partial charge in [-0.05, 0) is 18.2 Å². The standard InChI is InChI=1S/C17H11N5O2S/c23-15-14-10-5-1-2-6-11(10)25-16(14)19-12(18-15)9-22-17(24)21-8-4-3-7-13(21)20-22/h1-8H,9H2,(H,18,19,23). The molecule has 0 radical (unpaired) electrons. The zero-order chi connectivity index (χ0) is 17.0. The highest BCUT2D eigenvalue weighted by Crippen LogP contribution is 2.29. The average Bonchev–Trinajstić information content (AvgIpc) is 3.13. The van der Waals surface area contributed by atoms with Crippen molar-refractivity contribution in [2.75, 3.05) is 0 Å². The Morgan fingerprint density at radius 1 is 1.08 bits per heavy atom. The van der Waals surface area contributed by atoms with Crippen LogP contribution in [0.25, 0.3) is 25.9 Å². The maximum absolute atomic E-state index is 12.5. The van der Waals surface area contributed by atoms with Gasteiger partial charge in [0.15, 0.2) is 5.65 Å². The number of thiophene rings is 1. The zero-order valence-electron chi connectivity index (χ0n) is 12.8. The summed E-state index contributed by atoms with van der Waals surface area (Å²) < 4.78 is 3.76. The minimum atomic E-state index is -0.269. The number of rotatable bonds is 2. The van der Waals surface area contributed by atoms with E-state index < -0.39 is 0 Å². The number of nitrogens with one attached hydrogen (secondary N) is 1. The first kappa shape index (κ1) is 14.1. The van der Waals surface area contributed by atoms with Gasteiger partial charge in [-0.3, -0.25) is 9.20 Å². The maximum Gasteiger partial charge on any atom is 0.350 e. The fourth-order valence-electron chi connectivity index (χ4n) is 2.96. The number of hydrogen-bond acceptors (Lipinski definition) is 5. The summed E-state index contributed by atoms with van der Waals surface area (Å²) in [6, 6.07) is 13.1. The molecular formula is C17H11N5O2S. The second-order valence-electron chi connectivity index (χ2n) is 5.66. The van der Waals surface area contributed by atoms with Gasteiger partial charge in [-0.1, -0.05) is 24.3 Å². The summed E-state index contributed by atoms with van der Waals surface area (Å²) in [5.74, 6) is 0.412. The van der Waals surface area contributed by atoms with Gasteiger partial charge in [0.2, 0.25) is 0 Å². The van der Waals surface area contributed by atoms with Crippen LogP contribution < -0.4 is 11.2 Å². The fourth-order valence-corrected chi connectivity index (χ4v) is 4.06. The number of pyridine rings is 1. The van der Waals surface area contributed by atoms with Crippen molar-refractivity contribution in [3.05, 3.63) is 75.3 Å². The van der Waals surface area contributed by atoms with Crippen LogP contribution in [0.1, 0.15) is 5.82 Å². The van der Waals surface area contributed by atoms with Crippen LogP contribution in [0.2, 0.25) is 0 Å². The van der Waals surface area contributed by atoms with Crippen LogP contribution in [-0.4, -0.2) is 24.1 Å². The Balaban J connectivity index is 1.68. The molecule has 8 heteroatoms. The molecule has 5 aromatic rings. The lowest BCUT2D eigenvalue weighted by molar-refractivity contribution is 0.632. The van der Waals surface area contributed by atoms with E-state index in [0.717, 1.165) is 10.1 Å². The van der Waals surface area contributed by atoms with Crippen LogP contribution in [-0.2, 0) is 6.54 Å². The van der Waals surface area contributed by atoms with Gasteiger partial charge in [0.25, 0.3) is 5.56 Å². The van der Waals surface area contributed by atoms with Crippen LogP contribution in [0.3, 0.4) is 0 Å². The Morgan fingerprint density at radius 2 is 1.92 bits per heavy atom. The molecule has 122 valence electrons. The summed E-state index contributed by atoms with van der Waals surface area (Å²) in [6.07, 6.45) is 1.66. The molecular weight excluding hydrogens is 338 g/mol. The molecule has 0 bridgehead atoms. The predicted molar refractivity (Wildman–Crippen MR) is 96.3 cm³/mol. The molecule has 0 atom stereocenters. The van der Waals surface area contributed by atoms with Crippen LogP contribution in [0, 0.1) is 0 Å². The Hall–Kier alpha value is -3.26. The Kier molecular flexibility index (Phi) is 2.89. The first-order chi connectivity index (χ1) is 12.2. The Labute approximate surface area is 143 Å². The molecule has 5 rings (SSSR count). The number of H-pyrrole nitrogens is 1. The van der Waals surface area contributed by atoms with Gasteiger partial charge in [-0.2, -0.15) is 0 Å². The predicted octanol–water partition coefficient (Wildman–Crippen LogP) is 2.00. The van der Waals surface area contributed by atoms with Crippen molar-refractivity contribution in [2.24, 2.45) is 0 Å². The third-order valence-corrected chi connectivity index (χ3v) is 5.15. The minimum absolute atomic E-state index is 0.111. The van der Waals surface area contributed by atoms with E-state index in [0.29, 0.717) is 21.7 Å². The summed E-state index contributed by atoms with van der Waals surface area (Å²) in [6.45, 7) is 0.111. The highest BCUT2D eigenvalue weighted by atomic mass is 32.1. The van der Waals surface area contributed by atoms with E-state index in [9.17, 15) is 9.59 Å². The van der Waals surface area contributed by atoms with Crippen molar-refractivity contribution in [3.63, 3.8) is 0 Å². The lowest BCUT2D eigenvalue weighted by Crippen LogP contribution is -2.24. The van der Waals surface area contributed by atoms with Gasteiger partial charge >= 0.3 is 5.69 Å². The summed E-state index contributed by atoms with van der Waals surface area (Å²) in [5.41, 5.74) is 0.0849. The van der Waals surface area contributed by atoms with Crippen molar-refractivity contribution in [3.8, 4) is 0 Å². The quantitative estimate of drug-likeness (QED) is 0.528. The monoisotopic (exact) mass is 349 g/mol. The number of hydrogen-bond donors (Lipinski definition) is 1. The van der Waals surface area contributed by atoms with Gasteiger partial charge in [-0.25, -0.2) is 14.5 Å². The van der Waals surface area contributed by atoms with Gasteiger partial charge in [0, 0.05) is 16.3 Å². The van der Waals surface area contributed by atoms with Gasteiger partial charge in [-0.15, -0.1) is 16.4 Å². The number of nitrogens with zero attached hydrogens (tertiary/aromatic N) is 4. The van der Waals surface area contributed by atoms with E-state index in [2.05, 4.69) is 15.1 Å². The van der Waals surface area contributed by atoms with Gasteiger partial charge in [0.05, 0.1) is 5.39 Å². The van der Waals surface area contributed by atoms with Crippen molar-refractivity contribution < 1.29 is 0 Å². The number of fused-ring (bicyclic) bond motifs is 4. The third-order valence-electron chi connectivity index (χ3n) is 4.09. The Morgan fingerprint density at radius 3 is 2.80 bits per heavy atom. The molecule has 0 saturated heterocycles. The average molecular weight is 349 g/mol. The van der Waals surface area contributed by atoms with Crippen molar-refractivity contribution in [1.29, 1.82) is 0 Å². The highest BCUT2D eigenvalue weighted by Gasteiger charge is 2.13. The summed E-state index contributed by atoms with van der Waals surface area (Å²) in [7, 11) is 0. The topological polar surface area (TPSA) is 85.0 Å². The zero-order valence-corrected chi connectivity index (χ0v) is 13.7. The fraction of sp³-hybridized carbons (Fsp3) is 0.0588. The molecule has 0 aliphatic rings. The molecule has 7 nitrogen and oxygen atoms in total. The molecule has 25 heavy (non-hydrogen) atoms. The van der Waals surface area contributed by atoms with Gasteiger partial charge < -0.3 is 4.98 Å². The van der Waals surface area contributed by atoms with Crippen LogP contribution in [0.5, 0.6) is 0 Å². The molecule has 0 unspecified atom stereocenters. The van der Waals surface area contributed by atoms with E-state index in [-0.39, 0.29) is 17.8 Å². The molecule has 1 N–H and O–H groups in total. The first-order valence-electron chi connectivity index (χ1n) is 7.65. The summed E-state index contributed by atoms with van der Waals surface area (Å²) in [4.78, 5) is 32.9. The van der Waals surface area contributed by atoms with E-state index in [4.69, 9.17) is 0 Å². The van der Waals surface area contributed by atoms with E-state index in [1.54, 1.807) is 18.3 Å². The molecule has 0 amide bonds. The number of benzene rings is 1. The molecule has 0 fully saturated rings. The first-order valence-corrected chi connectivity index (χ1v) is 8.47. The van der Waals surface area contributed by atoms with E-state index in [1.165, 1.54) is 20.4 Å².